The lowest BCUT2D eigenvalue weighted by Gasteiger charge is -2.39. The van der Waals surface area contributed by atoms with E-state index in [1.165, 1.54) is 5.56 Å². The number of para-hydroxylation sites is 1. The Morgan fingerprint density at radius 3 is 2.37 bits per heavy atom. The molecular weight excluding hydrogens is 657 g/mol. The molecule has 1 unspecified atom stereocenters. The summed E-state index contributed by atoms with van der Waals surface area (Å²) in [6.07, 6.45) is 5.82. The molecule has 0 bridgehead atoms. The number of aliphatic hydroxyl groups is 1. The van der Waals surface area contributed by atoms with Gasteiger partial charge in [0.2, 0.25) is 0 Å². The van der Waals surface area contributed by atoms with Crippen LogP contribution in [0.3, 0.4) is 0 Å². The van der Waals surface area contributed by atoms with Gasteiger partial charge in [-0.3, -0.25) is 14.4 Å². The minimum absolute atomic E-state index is 0.0192. The number of ether oxygens (including phenoxy) is 1. The zero-order valence-electron chi connectivity index (χ0n) is 30.1. The lowest BCUT2D eigenvalue weighted by atomic mass is 9.86. The summed E-state index contributed by atoms with van der Waals surface area (Å²) < 4.78 is 8.62. The lowest BCUT2D eigenvalue weighted by molar-refractivity contribution is -0.122. The van der Waals surface area contributed by atoms with Crippen molar-refractivity contribution in [3.63, 3.8) is 0 Å². The first-order valence-corrected chi connectivity index (χ1v) is 21.6. The molecule has 5 atom stereocenters. The molecule has 3 aliphatic heterocycles. The Morgan fingerprint density at radius 2 is 1.67 bits per heavy atom. The van der Waals surface area contributed by atoms with Gasteiger partial charge in [0, 0.05) is 29.7 Å². The molecule has 270 valence electrons. The number of carbonyl (C=O) groups is 1. The van der Waals surface area contributed by atoms with Crippen LogP contribution in [0.4, 0.5) is 11.4 Å². The van der Waals surface area contributed by atoms with Crippen LogP contribution in [0.5, 0.6) is 0 Å². The molecule has 1 aromatic heterocycles. The van der Waals surface area contributed by atoms with Gasteiger partial charge >= 0.3 is 0 Å². The van der Waals surface area contributed by atoms with Gasteiger partial charge in [0.25, 0.3) is 5.91 Å². The number of amides is 1. The Kier molecular flexibility index (Phi) is 10.5. The number of piperidine rings is 1. The first kappa shape index (κ1) is 35.5. The van der Waals surface area contributed by atoms with E-state index >= 15 is 0 Å². The van der Waals surface area contributed by atoms with E-state index in [0.717, 1.165) is 67.8 Å². The van der Waals surface area contributed by atoms with Crippen LogP contribution in [-0.4, -0.2) is 83.2 Å². The SMILES string of the molecule is C[C@H]1[C@H]([Si](C)(C)O)[C@@H](CCn2cc(C(CO)c3ccccc3)nn2)O[C@H]1CCc1cccc(N2CN(c3ccccc3)C3(CCNCC3)C2=O)c1. The largest absolute Gasteiger partial charge is 0.432 e. The third kappa shape index (κ3) is 7.27. The summed E-state index contributed by atoms with van der Waals surface area (Å²) in [4.78, 5) is 29.9. The van der Waals surface area contributed by atoms with Crippen molar-refractivity contribution in [1.29, 1.82) is 0 Å². The molecule has 3 fully saturated rings. The highest BCUT2D eigenvalue weighted by atomic mass is 28.4. The first-order chi connectivity index (χ1) is 24.7. The zero-order valence-corrected chi connectivity index (χ0v) is 31.1. The van der Waals surface area contributed by atoms with Crippen LogP contribution in [-0.2, 0) is 22.5 Å². The Balaban J connectivity index is 1.02. The van der Waals surface area contributed by atoms with Gasteiger partial charge in [0.05, 0.1) is 37.1 Å². The predicted molar refractivity (Wildman–Crippen MR) is 202 cm³/mol. The highest BCUT2D eigenvalue weighted by Crippen LogP contribution is 2.46. The second-order valence-electron chi connectivity index (χ2n) is 15.2. The number of rotatable bonds is 12. The van der Waals surface area contributed by atoms with Gasteiger partial charge in [-0.2, -0.15) is 0 Å². The van der Waals surface area contributed by atoms with Gasteiger partial charge in [-0.25, -0.2) is 0 Å². The normalized spacial score (nSPS) is 24.1. The van der Waals surface area contributed by atoms with E-state index in [1.807, 2.05) is 77.4 Å². The second kappa shape index (κ2) is 15.0. The van der Waals surface area contributed by atoms with E-state index in [0.29, 0.717) is 13.2 Å². The van der Waals surface area contributed by atoms with Crippen molar-refractivity contribution in [2.75, 3.05) is 36.2 Å². The number of hydrogen-bond donors (Lipinski definition) is 3. The Labute approximate surface area is 302 Å². The lowest BCUT2D eigenvalue weighted by Crippen LogP contribution is -2.55. The topological polar surface area (TPSA) is 116 Å². The van der Waals surface area contributed by atoms with E-state index in [-0.39, 0.29) is 42.1 Å². The van der Waals surface area contributed by atoms with Gasteiger partial charge in [0.15, 0.2) is 8.32 Å². The molecular formula is C40H52N6O4Si. The van der Waals surface area contributed by atoms with Gasteiger partial charge < -0.3 is 24.9 Å². The van der Waals surface area contributed by atoms with E-state index in [1.54, 1.807) is 0 Å². The second-order valence-corrected chi connectivity index (χ2v) is 19.2. The fourth-order valence-electron chi connectivity index (χ4n) is 8.93. The van der Waals surface area contributed by atoms with E-state index < -0.39 is 13.9 Å². The molecule has 0 aliphatic carbocycles. The predicted octanol–water partition coefficient (Wildman–Crippen LogP) is 5.33. The number of carbonyl (C=O) groups excluding carboxylic acids is 1. The minimum atomic E-state index is -2.55. The van der Waals surface area contributed by atoms with Crippen LogP contribution in [0.1, 0.15) is 55.3 Å². The summed E-state index contributed by atoms with van der Waals surface area (Å²) in [5.41, 5.74) is 4.53. The van der Waals surface area contributed by atoms with E-state index in [4.69, 9.17) is 4.74 Å². The summed E-state index contributed by atoms with van der Waals surface area (Å²) in [7, 11) is -2.55. The number of aryl methyl sites for hydroxylation is 2. The van der Waals surface area contributed by atoms with Crippen molar-refractivity contribution in [3.8, 4) is 0 Å². The van der Waals surface area contributed by atoms with Gasteiger partial charge in [-0.15, -0.1) is 5.10 Å². The fraction of sp³-hybridized carbons (Fsp3) is 0.475. The van der Waals surface area contributed by atoms with Crippen LogP contribution in [0.2, 0.25) is 18.6 Å². The molecule has 0 radical (unpaired) electrons. The molecule has 3 aliphatic rings. The van der Waals surface area contributed by atoms with Crippen molar-refractivity contribution in [1.82, 2.24) is 20.3 Å². The Bertz CT molecular complexity index is 1760. The molecule has 11 heteroatoms. The van der Waals surface area contributed by atoms with Crippen molar-refractivity contribution in [2.24, 2.45) is 5.92 Å². The van der Waals surface area contributed by atoms with Crippen LogP contribution in [0.25, 0.3) is 0 Å². The quantitative estimate of drug-likeness (QED) is 0.169. The smallest absolute Gasteiger partial charge is 0.254 e. The Morgan fingerprint density at radius 1 is 0.961 bits per heavy atom. The molecule has 4 heterocycles. The summed E-state index contributed by atoms with van der Waals surface area (Å²) >= 11 is 0. The molecule has 3 N–H and O–H groups in total. The van der Waals surface area contributed by atoms with E-state index in [9.17, 15) is 14.7 Å². The third-order valence-electron chi connectivity index (χ3n) is 11.5. The van der Waals surface area contributed by atoms with Gasteiger partial charge in [0.1, 0.15) is 5.54 Å². The Hall–Kier alpha value is -3.87. The molecule has 1 amide bonds. The average molecular weight is 709 g/mol. The molecule has 7 rings (SSSR count). The molecule has 3 aromatic carbocycles. The summed E-state index contributed by atoms with van der Waals surface area (Å²) in [5, 5.41) is 22.3. The van der Waals surface area contributed by atoms with Crippen LogP contribution >= 0.6 is 0 Å². The number of benzene rings is 3. The molecule has 0 saturated carbocycles. The summed E-state index contributed by atoms with van der Waals surface area (Å²) in [6, 6.07) is 28.7. The van der Waals surface area contributed by atoms with Crippen molar-refractivity contribution in [2.45, 2.75) is 87.9 Å². The van der Waals surface area contributed by atoms with Crippen molar-refractivity contribution >= 4 is 25.6 Å². The maximum absolute atomic E-state index is 14.2. The molecule has 3 saturated heterocycles. The average Bonchev–Trinajstić information content (AvgIpc) is 3.82. The van der Waals surface area contributed by atoms with Crippen molar-refractivity contribution < 1.29 is 19.4 Å². The fourth-order valence-corrected chi connectivity index (χ4v) is 11.6. The minimum Gasteiger partial charge on any atom is -0.432 e. The van der Waals surface area contributed by atoms with Gasteiger partial charge in [-0.05, 0) is 99.6 Å². The zero-order chi connectivity index (χ0) is 35.6. The number of aliphatic hydroxyl groups excluding tert-OH is 1. The maximum atomic E-state index is 14.2. The summed E-state index contributed by atoms with van der Waals surface area (Å²) in [5.74, 6) is 0.177. The van der Waals surface area contributed by atoms with E-state index in [2.05, 4.69) is 63.9 Å². The number of nitrogens with zero attached hydrogens (tertiary/aromatic N) is 5. The number of aromatic nitrogens is 3. The monoisotopic (exact) mass is 708 g/mol. The van der Waals surface area contributed by atoms with Gasteiger partial charge in [-0.1, -0.05) is 72.8 Å². The number of anilines is 2. The molecule has 4 aromatic rings. The highest BCUT2D eigenvalue weighted by Gasteiger charge is 2.53. The molecule has 10 nitrogen and oxygen atoms in total. The van der Waals surface area contributed by atoms with Crippen LogP contribution in [0, 0.1) is 5.92 Å². The van der Waals surface area contributed by atoms with Crippen molar-refractivity contribution in [3.05, 3.63) is 108 Å². The third-order valence-corrected chi connectivity index (χ3v) is 14.1. The number of hydrogen-bond acceptors (Lipinski definition) is 8. The molecule has 1 spiro atoms. The standard InChI is InChI=1S/C40H52N6O4Si/c1-29-36(50-37(38(29)51(2,3)49)19-24-44-26-35(42-43-44)34(27-47)31-12-6-4-7-13-31)18-17-30-11-10-16-33(25-30)45-28-46(32-14-8-5-9-15-32)40(39(45)48)20-22-41-23-21-40/h4-16,25-26,29,34,36-38,41,47,49H,17-24,27-28H2,1-3H3/t29-,34?,36+,37-,38+/m1/s1. The number of nitrogens with one attached hydrogen (secondary N) is 1. The highest BCUT2D eigenvalue weighted by molar-refractivity contribution is 6.71. The molecule has 51 heavy (non-hydrogen) atoms. The first-order valence-electron chi connectivity index (χ1n) is 18.6. The maximum Gasteiger partial charge on any atom is 0.254 e. The van der Waals surface area contributed by atoms with Crippen LogP contribution in [0.15, 0.2) is 91.1 Å². The summed E-state index contributed by atoms with van der Waals surface area (Å²) in [6.45, 7) is 9.06. The van der Waals surface area contributed by atoms with Crippen LogP contribution < -0.4 is 15.1 Å².